The SMILES string of the molecule is CCOC(=O)c1cnc2c(F)ccc(F)c2c1N1CCC(C(=O)O)CC1. The third-order valence-electron chi connectivity index (χ3n) is 4.55. The van der Waals surface area contributed by atoms with Crippen LogP contribution in [0.5, 0.6) is 0 Å². The first-order chi connectivity index (χ1) is 12.4. The molecule has 1 aromatic heterocycles. The van der Waals surface area contributed by atoms with Gasteiger partial charge in [-0.3, -0.25) is 9.78 Å². The quantitative estimate of drug-likeness (QED) is 0.840. The fourth-order valence-corrected chi connectivity index (χ4v) is 3.25. The predicted molar refractivity (Wildman–Crippen MR) is 90.2 cm³/mol. The molecule has 1 aliphatic heterocycles. The van der Waals surface area contributed by atoms with E-state index in [-0.39, 0.29) is 28.8 Å². The van der Waals surface area contributed by atoms with Crippen molar-refractivity contribution in [3.63, 3.8) is 0 Å². The number of fused-ring (bicyclic) bond motifs is 1. The van der Waals surface area contributed by atoms with E-state index in [2.05, 4.69) is 4.98 Å². The summed E-state index contributed by atoms with van der Waals surface area (Å²) in [6.45, 7) is 2.38. The monoisotopic (exact) mass is 364 g/mol. The molecular weight excluding hydrogens is 346 g/mol. The molecule has 26 heavy (non-hydrogen) atoms. The highest BCUT2D eigenvalue weighted by Gasteiger charge is 2.30. The summed E-state index contributed by atoms with van der Waals surface area (Å²) in [5.74, 6) is -3.45. The van der Waals surface area contributed by atoms with Crippen molar-refractivity contribution in [2.75, 3.05) is 24.6 Å². The van der Waals surface area contributed by atoms with Crippen molar-refractivity contribution in [2.24, 2.45) is 5.92 Å². The Bertz CT molecular complexity index is 864. The number of carbonyl (C=O) groups is 2. The number of carbonyl (C=O) groups excluding carboxylic acids is 1. The molecule has 0 spiro atoms. The van der Waals surface area contributed by atoms with Gasteiger partial charge in [0, 0.05) is 19.3 Å². The highest BCUT2D eigenvalue weighted by Crippen LogP contribution is 2.35. The first-order valence-corrected chi connectivity index (χ1v) is 8.35. The normalized spacial score (nSPS) is 15.3. The molecule has 1 aromatic carbocycles. The summed E-state index contributed by atoms with van der Waals surface area (Å²) in [6, 6.07) is 1.97. The number of hydrogen-bond donors (Lipinski definition) is 1. The van der Waals surface area contributed by atoms with Crippen molar-refractivity contribution in [2.45, 2.75) is 19.8 Å². The number of nitrogens with zero attached hydrogens (tertiary/aromatic N) is 2. The summed E-state index contributed by atoms with van der Waals surface area (Å²) in [5, 5.41) is 9.05. The number of halogens is 2. The summed E-state index contributed by atoms with van der Waals surface area (Å²) in [6.07, 6.45) is 1.87. The van der Waals surface area contributed by atoms with Gasteiger partial charge in [0.15, 0.2) is 0 Å². The van der Waals surface area contributed by atoms with Crippen LogP contribution in [0.25, 0.3) is 10.9 Å². The Hall–Kier alpha value is -2.77. The summed E-state index contributed by atoms with van der Waals surface area (Å²) in [4.78, 5) is 29.1. The van der Waals surface area contributed by atoms with Crippen LogP contribution in [0, 0.1) is 17.6 Å². The Morgan fingerprint density at radius 3 is 2.54 bits per heavy atom. The molecule has 0 unspecified atom stereocenters. The molecule has 3 rings (SSSR count). The third kappa shape index (κ3) is 3.18. The predicted octanol–water partition coefficient (Wildman–Crippen LogP) is 2.99. The van der Waals surface area contributed by atoms with E-state index in [4.69, 9.17) is 9.84 Å². The maximum atomic E-state index is 14.5. The second kappa shape index (κ2) is 7.23. The molecule has 2 heterocycles. The van der Waals surface area contributed by atoms with E-state index < -0.39 is 29.5 Å². The number of aromatic nitrogens is 1. The fraction of sp³-hybridized carbons (Fsp3) is 0.389. The Kier molecular flexibility index (Phi) is 5.01. The highest BCUT2D eigenvalue weighted by atomic mass is 19.1. The van der Waals surface area contributed by atoms with Gasteiger partial charge in [0.05, 0.1) is 23.6 Å². The van der Waals surface area contributed by atoms with E-state index in [1.165, 1.54) is 6.20 Å². The second-order valence-corrected chi connectivity index (χ2v) is 6.09. The van der Waals surface area contributed by atoms with Crippen LogP contribution in [0.1, 0.15) is 30.1 Å². The number of ether oxygens (including phenoxy) is 1. The number of anilines is 1. The number of hydrogen-bond acceptors (Lipinski definition) is 5. The Morgan fingerprint density at radius 1 is 1.27 bits per heavy atom. The number of aliphatic carboxylic acids is 1. The van der Waals surface area contributed by atoms with Gasteiger partial charge in [0.25, 0.3) is 0 Å². The summed E-state index contributed by atoms with van der Waals surface area (Å²) in [5.41, 5.74) is 0.0697. The molecule has 6 nitrogen and oxygen atoms in total. The van der Waals surface area contributed by atoms with E-state index in [0.717, 1.165) is 12.1 Å². The molecule has 0 radical (unpaired) electrons. The zero-order valence-electron chi connectivity index (χ0n) is 14.2. The Balaban J connectivity index is 2.14. The summed E-state index contributed by atoms with van der Waals surface area (Å²) >= 11 is 0. The van der Waals surface area contributed by atoms with Gasteiger partial charge < -0.3 is 14.7 Å². The number of benzene rings is 1. The minimum atomic E-state index is -0.882. The van der Waals surface area contributed by atoms with Gasteiger partial charge in [-0.2, -0.15) is 0 Å². The summed E-state index contributed by atoms with van der Waals surface area (Å²) < 4.78 is 33.7. The third-order valence-corrected chi connectivity index (χ3v) is 4.55. The molecule has 1 aliphatic rings. The van der Waals surface area contributed by atoms with Crippen LogP contribution in [0.4, 0.5) is 14.5 Å². The van der Waals surface area contributed by atoms with E-state index in [0.29, 0.717) is 25.9 Å². The van der Waals surface area contributed by atoms with Crippen LogP contribution >= 0.6 is 0 Å². The zero-order valence-corrected chi connectivity index (χ0v) is 14.2. The number of carboxylic acid groups (broad SMARTS) is 1. The van der Waals surface area contributed by atoms with Crippen molar-refractivity contribution in [1.82, 2.24) is 4.98 Å². The smallest absolute Gasteiger partial charge is 0.341 e. The van der Waals surface area contributed by atoms with Gasteiger partial charge in [-0.15, -0.1) is 0 Å². The average molecular weight is 364 g/mol. The number of carboxylic acids is 1. The molecule has 0 amide bonds. The van der Waals surface area contributed by atoms with Crippen LogP contribution in [0.3, 0.4) is 0 Å². The van der Waals surface area contributed by atoms with E-state index in [1.54, 1.807) is 11.8 Å². The lowest BCUT2D eigenvalue weighted by atomic mass is 9.95. The molecule has 8 heteroatoms. The molecule has 1 N–H and O–H groups in total. The molecule has 1 saturated heterocycles. The van der Waals surface area contributed by atoms with Crippen LogP contribution in [0.2, 0.25) is 0 Å². The Labute approximate surface area is 148 Å². The summed E-state index contributed by atoms with van der Waals surface area (Å²) in [7, 11) is 0. The lowest BCUT2D eigenvalue weighted by Crippen LogP contribution is -2.37. The maximum Gasteiger partial charge on any atom is 0.341 e. The largest absolute Gasteiger partial charge is 0.481 e. The van der Waals surface area contributed by atoms with Gasteiger partial charge in [0.1, 0.15) is 22.7 Å². The number of piperidine rings is 1. The van der Waals surface area contributed by atoms with E-state index >= 15 is 0 Å². The standard InChI is InChI=1S/C18H18F2N2O4/c1-2-26-18(25)11-9-21-15-13(20)4-3-12(19)14(15)16(11)22-7-5-10(6-8-22)17(23)24/h3-4,9-10H,2,5-8H2,1H3,(H,23,24). The zero-order chi connectivity index (χ0) is 18.8. The topological polar surface area (TPSA) is 79.7 Å². The first kappa shape index (κ1) is 18.0. The van der Waals surface area contributed by atoms with Gasteiger partial charge >= 0.3 is 11.9 Å². The number of rotatable bonds is 4. The van der Waals surface area contributed by atoms with Crippen LogP contribution < -0.4 is 4.90 Å². The van der Waals surface area contributed by atoms with Crippen molar-refractivity contribution in [1.29, 1.82) is 0 Å². The van der Waals surface area contributed by atoms with Gasteiger partial charge in [0.2, 0.25) is 0 Å². The van der Waals surface area contributed by atoms with Crippen molar-refractivity contribution in [3.05, 3.63) is 35.5 Å². The molecular formula is C18H18F2N2O4. The van der Waals surface area contributed by atoms with Crippen molar-refractivity contribution in [3.8, 4) is 0 Å². The maximum absolute atomic E-state index is 14.5. The molecule has 0 bridgehead atoms. The number of pyridine rings is 1. The lowest BCUT2D eigenvalue weighted by Gasteiger charge is -2.33. The van der Waals surface area contributed by atoms with Crippen molar-refractivity contribution < 1.29 is 28.2 Å². The van der Waals surface area contributed by atoms with Gasteiger partial charge in [-0.1, -0.05) is 0 Å². The molecule has 0 saturated carbocycles. The minimum Gasteiger partial charge on any atom is -0.481 e. The molecule has 1 fully saturated rings. The fourth-order valence-electron chi connectivity index (χ4n) is 3.25. The lowest BCUT2D eigenvalue weighted by molar-refractivity contribution is -0.142. The van der Waals surface area contributed by atoms with E-state index in [1.807, 2.05) is 0 Å². The Morgan fingerprint density at radius 2 is 1.92 bits per heavy atom. The molecule has 0 aliphatic carbocycles. The first-order valence-electron chi connectivity index (χ1n) is 8.35. The molecule has 138 valence electrons. The van der Waals surface area contributed by atoms with E-state index in [9.17, 15) is 18.4 Å². The highest BCUT2D eigenvalue weighted by molar-refractivity contribution is 6.05. The van der Waals surface area contributed by atoms with Gasteiger partial charge in [-0.25, -0.2) is 13.6 Å². The van der Waals surface area contributed by atoms with Crippen LogP contribution in [0.15, 0.2) is 18.3 Å². The van der Waals surface area contributed by atoms with Crippen LogP contribution in [-0.4, -0.2) is 41.7 Å². The molecule has 0 atom stereocenters. The molecule has 2 aromatic rings. The number of esters is 1. The van der Waals surface area contributed by atoms with Crippen molar-refractivity contribution >= 4 is 28.5 Å². The second-order valence-electron chi connectivity index (χ2n) is 6.09. The van der Waals surface area contributed by atoms with Crippen LogP contribution in [-0.2, 0) is 9.53 Å². The average Bonchev–Trinajstić information content (AvgIpc) is 2.64. The van der Waals surface area contributed by atoms with Gasteiger partial charge in [-0.05, 0) is 31.9 Å². The minimum absolute atomic E-state index is 0.0395.